The third kappa shape index (κ3) is 1.23. The molecule has 64 valence electrons. The van der Waals surface area contributed by atoms with Crippen LogP contribution in [0, 0.1) is 6.92 Å². The topological polar surface area (TPSA) is 26.0 Å². The molecule has 1 aliphatic carbocycles. The highest BCUT2D eigenvalue weighted by Crippen LogP contribution is 2.27. The Labute approximate surface area is 77.5 Å². The number of fused-ring (bicyclic) bond motifs is 1. The van der Waals surface area contributed by atoms with Crippen molar-refractivity contribution < 1.29 is 0 Å². The molecule has 0 spiro atoms. The minimum atomic E-state index is 0.303. The van der Waals surface area contributed by atoms with Crippen molar-refractivity contribution in [3.63, 3.8) is 0 Å². The van der Waals surface area contributed by atoms with Crippen LogP contribution in [0.5, 0.6) is 0 Å². The fourth-order valence-corrected chi connectivity index (χ4v) is 2.23. The molecule has 1 aromatic carbocycles. The van der Waals surface area contributed by atoms with Crippen molar-refractivity contribution in [1.82, 2.24) is 0 Å². The summed E-state index contributed by atoms with van der Waals surface area (Å²) in [5.41, 5.74) is 9.89. The summed E-state index contributed by atoms with van der Waals surface area (Å²) in [4.78, 5) is 0. The molecule has 1 atom stereocenters. The lowest BCUT2D eigenvalue weighted by molar-refractivity contribution is 0.720. The van der Waals surface area contributed by atoms with Gasteiger partial charge in [-0.15, -0.1) is 0 Å². The minimum absolute atomic E-state index is 0.303. The predicted molar refractivity (Wildman–Crippen MR) is 51.6 cm³/mol. The molecule has 0 bridgehead atoms. The number of aryl methyl sites for hydroxylation is 1. The molecule has 0 saturated heterocycles. The number of benzene rings is 1. The van der Waals surface area contributed by atoms with Gasteiger partial charge in [0.1, 0.15) is 0 Å². The van der Waals surface area contributed by atoms with E-state index in [2.05, 4.69) is 6.92 Å². The summed E-state index contributed by atoms with van der Waals surface area (Å²) < 4.78 is 0. The molecule has 0 radical (unpaired) electrons. The Kier molecular flexibility index (Phi) is 1.85. The van der Waals surface area contributed by atoms with Crippen molar-refractivity contribution in [3.05, 3.63) is 33.8 Å². The van der Waals surface area contributed by atoms with Gasteiger partial charge in [0.2, 0.25) is 0 Å². The molecule has 2 N–H and O–H groups in total. The zero-order valence-electron chi connectivity index (χ0n) is 7.10. The maximum atomic E-state index is 5.94. The molecule has 12 heavy (non-hydrogen) atoms. The first-order chi connectivity index (χ1) is 5.66. The first-order valence-corrected chi connectivity index (χ1v) is 4.58. The zero-order chi connectivity index (χ0) is 8.72. The molecule has 0 aliphatic heterocycles. The van der Waals surface area contributed by atoms with E-state index in [0.717, 1.165) is 17.9 Å². The van der Waals surface area contributed by atoms with Gasteiger partial charge in [-0.1, -0.05) is 11.6 Å². The van der Waals surface area contributed by atoms with Gasteiger partial charge in [-0.05, 0) is 48.6 Å². The molecule has 1 unspecified atom stereocenters. The first kappa shape index (κ1) is 8.09. The number of nitrogens with two attached hydrogens (primary N) is 1. The second-order valence-electron chi connectivity index (χ2n) is 3.53. The third-order valence-corrected chi connectivity index (χ3v) is 2.70. The fourth-order valence-electron chi connectivity index (χ4n) is 1.93. The molecule has 2 heteroatoms. The van der Waals surface area contributed by atoms with Gasteiger partial charge in [-0.2, -0.15) is 0 Å². The second-order valence-corrected chi connectivity index (χ2v) is 3.97. The Morgan fingerprint density at radius 1 is 1.42 bits per heavy atom. The lowest BCUT2D eigenvalue weighted by Crippen LogP contribution is -2.19. The highest BCUT2D eigenvalue weighted by molar-refractivity contribution is 6.30. The molecule has 0 saturated carbocycles. The number of hydrogen-bond acceptors (Lipinski definition) is 1. The Bertz CT molecular complexity index is 320. The molecule has 1 aliphatic rings. The van der Waals surface area contributed by atoms with Gasteiger partial charge in [0.05, 0.1) is 0 Å². The molecular weight excluding hydrogens is 170 g/mol. The summed E-state index contributed by atoms with van der Waals surface area (Å²) in [6.45, 7) is 2.10. The van der Waals surface area contributed by atoms with Gasteiger partial charge in [0.15, 0.2) is 0 Å². The Morgan fingerprint density at radius 2 is 2.17 bits per heavy atom. The Hall–Kier alpha value is -0.530. The number of rotatable bonds is 0. The third-order valence-electron chi connectivity index (χ3n) is 2.48. The van der Waals surface area contributed by atoms with Crippen molar-refractivity contribution >= 4 is 11.6 Å². The van der Waals surface area contributed by atoms with Crippen molar-refractivity contribution in [2.75, 3.05) is 0 Å². The first-order valence-electron chi connectivity index (χ1n) is 4.20. The molecule has 0 amide bonds. The van der Waals surface area contributed by atoms with E-state index in [1.165, 1.54) is 16.7 Å². The van der Waals surface area contributed by atoms with E-state index in [-0.39, 0.29) is 0 Å². The van der Waals surface area contributed by atoms with Crippen LogP contribution in [-0.2, 0) is 12.8 Å². The fraction of sp³-hybridized carbons (Fsp3) is 0.400. The summed E-state index contributed by atoms with van der Waals surface area (Å²) in [6, 6.07) is 4.35. The standard InChI is InChI=1S/C10H12ClN/c1-6-2-8(11)3-7-4-9(12)5-10(6)7/h2-3,9H,4-5,12H2,1H3. The van der Waals surface area contributed by atoms with Gasteiger partial charge in [-0.3, -0.25) is 0 Å². The summed E-state index contributed by atoms with van der Waals surface area (Å²) >= 11 is 5.94. The minimum Gasteiger partial charge on any atom is -0.327 e. The van der Waals surface area contributed by atoms with Crippen LogP contribution in [0.25, 0.3) is 0 Å². The van der Waals surface area contributed by atoms with Gasteiger partial charge in [0.25, 0.3) is 0 Å². The SMILES string of the molecule is Cc1cc(Cl)cc2c1CC(N)C2. The quantitative estimate of drug-likeness (QED) is 0.652. The molecule has 0 aromatic heterocycles. The maximum absolute atomic E-state index is 5.94. The van der Waals surface area contributed by atoms with E-state index in [0.29, 0.717) is 6.04 Å². The molecule has 0 fully saturated rings. The molecular formula is C10H12ClN. The van der Waals surface area contributed by atoms with Crippen LogP contribution in [0.15, 0.2) is 12.1 Å². The van der Waals surface area contributed by atoms with Gasteiger partial charge >= 0.3 is 0 Å². The second kappa shape index (κ2) is 2.75. The lowest BCUT2D eigenvalue weighted by atomic mass is 10.1. The average Bonchev–Trinajstić information content (AvgIpc) is 2.29. The summed E-state index contributed by atoms with van der Waals surface area (Å²) in [6.07, 6.45) is 2.00. The van der Waals surface area contributed by atoms with Crippen LogP contribution in [0.4, 0.5) is 0 Å². The van der Waals surface area contributed by atoms with Gasteiger partial charge in [0, 0.05) is 11.1 Å². The van der Waals surface area contributed by atoms with Crippen LogP contribution >= 0.6 is 11.6 Å². The van der Waals surface area contributed by atoms with E-state index in [1.807, 2.05) is 12.1 Å². The molecule has 2 rings (SSSR count). The van der Waals surface area contributed by atoms with E-state index >= 15 is 0 Å². The Morgan fingerprint density at radius 3 is 2.92 bits per heavy atom. The van der Waals surface area contributed by atoms with Crippen LogP contribution in [0.1, 0.15) is 16.7 Å². The zero-order valence-corrected chi connectivity index (χ0v) is 7.86. The predicted octanol–water partition coefficient (Wildman–Crippen LogP) is 2.07. The highest BCUT2D eigenvalue weighted by Gasteiger charge is 2.19. The van der Waals surface area contributed by atoms with E-state index in [1.54, 1.807) is 0 Å². The summed E-state index contributed by atoms with van der Waals surface area (Å²) in [5.74, 6) is 0. The maximum Gasteiger partial charge on any atom is 0.0411 e. The monoisotopic (exact) mass is 181 g/mol. The van der Waals surface area contributed by atoms with Crippen LogP contribution < -0.4 is 5.73 Å². The van der Waals surface area contributed by atoms with E-state index in [9.17, 15) is 0 Å². The average molecular weight is 182 g/mol. The van der Waals surface area contributed by atoms with Crippen LogP contribution in [-0.4, -0.2) is 6.04 Å². The van der Waals surface area contributed by atoms with Crippen molar-refractivity contribution in [2.24, 2.45) is 5.73 Å². The van der Waals surface area contributed by atoms with Crippen molar-refractivity contribution in [1.29, 1.82) is 0 Å². The lowest BCUT2D eigenvalue weighted by Gasteiger charge is -2.03. The smallest absolute Gasteiger partial charge is 0.0411 e. The van der Waals surface area contributed by atoms with Crippen LogP contribution in [0.3, 0.4) is 0 Å². The highest BCUT2D eigenvalue weighted by atomic mass is 35.5. The Balaban J connectivity index is 2.52. The molecule has 0 heterocycles. The van der Waals surface area contributed by atoms with Gasteiger partial charge < -0.3 is 5.73 Å². The molecule has 1 aromatic rings. The molecule has 1 nitrogen and oxygen atoms in total. The largest absolute Gasteiger partial charge is 0.327 e. The summed E-state index contributed by atoms with van der Waals surface area (Å²) in [5, 5.41) is 0.834. The summed E-state index contributed by atoms with van der Waals surface area (Å²) in [7, 11) is 0. The van der Waals surface area contributed by atoms with Crippen molar-refractivity contribution in [2.45, 2.75) is 25.8 Å². The van der Waals surface area contributed by atoms with E-state index in [4.69, 9.17) is 17.3 Å². The number of hydrogen-bond donors (Lipinski definition) is 1. The van der Waals surface area contributed by atoms with Gasteiger partial charge in [-0.25, -0.2) is 0 Å². The van der Waals surface area contributed by atoms with Crippen LogP contribution in [0.2, 0.25) is 5.02 Å². The normalized spacial score (nSPS) is 21.1. The number of halogens is 1. The van der Waals surface area contributed by atoms with Crippen molar-refractivity contribution in [3.8, 4) is 0 Å². The van der Waals surface area contributed by atoms with E-state index < -0.39 is 0 Å².